The molecule has 0 radical (unpaired) electrons. The van der Waals surface area contributed by atoms with Crippen molar-refractivity contribution in [2.45, 2.75) is 5.25 Å². The lowest BCUT2D eigenvalue weighted by atomic mass is 9.97. The number of anilines is 1. The summed E-state index contributed by atoms with van der Waals surface area (Å²) in [5.41, 5.74) is 7.70. The third kappa shape index (κ3) is 3.63. The SMILES string of the molecule is Nc1c(OCCCl)cccc1C(c1cccc2ccccc12)S(=O)[O-]. The Morgan fingerprint density at radius 2 is 1.72 bits per heavy atom. The van der Waals surface area contributed by atoms with Crippen molar-refractivity contribution in [1.82, 2.24) is 0 Å². The van der Waals surface area contributed by atoms with Gasteiger partial charge in [-0.15, -0.1) is 11.6 Å². The molecule has 0 aliphatic heterocycles. The minimum Gasteiger partial charge on any atom is -0.772 e. The number of halogens is 1. The smallest absolute Gasteiger partial charge is 0.142 e. The van der Waals surface area contributed by atoms with Gasteiger partial charge in [0.25, 0.3) is 0 Å². The lowest BCUT2D eigenvalue weighted by Gasteiger charge is -2.24. The van der Waals surface area contributed by atoms with Crippen molar-refractivity contribution in [3.63, 3.8) is 0 Å². The Bertz CT molecular complexity index is 911. The number of hydrogen-bond acceptors (Lipinski definition) is 4. The van der Waals surface area contributed by atoms with Gasteiger partial charge in [0, 0.05) is 0 Å². The average Bonchev–Trinajstić information content (AvgIpc) is 2.62. The molecule has 4 nitrogen and oxygen atoms in total. The fourth-order valence-electron chi connectivity index (χ4n) is 2.92. The van der Waals surface area contributed by atoms with E-state index >= 15 is 0 Å². The Hall–Kier alpha value is -2.08. The maximum atomic E-state index is 12.1. The molecule has 0 aliphatic rings. The van der Waals surface area contributed by atoms with E-state index in [0.717, 1.165) is 10.8 Å². The number of benzene rings is 3. The van der Waals surface area contributed by atoms with Gasteiger partial charge in [-0.05, 0) is 39.0 Å². The molecule has 3 aromatic rings. The van der Waals surface area contributed by atoms with Crippen molar-refractivity contribution < 1.29 is 13.5 Å². The highest BCUT2D eigenvalue weighted by Gasteiger charge is 2.21. The Morgan fingerprint density at radius 3 is 2.48 bits per heavy atom. The highest BCUT2D eigenvalue weighted by molar-refractivity contribution is 7.79. The Kier molecular flexibility index (Phi) is 5.58. The predicted octanol–water partition coefficient (Wildman–Crippen LogP) is 4.01. The molecule has 0 aliphatic carbocycles. The quantitative estimate of drug-likeness (QED) is 0.402. The van der Waals surface area contributed by atoms with Crippen LogP contribution >= 0.6 is 11.6 Å². The first-order valence-electron chi connectivity index (χ1n) is 7.76. The molecule has 130 valence electrons. The molecule has 0 amide bonds. The third-order valence-electron chi connectivity index (χ3n) is 4.02. The molecule has 25 heavy (non-hydrogen) atoms. The number of nitrogens with two attached hydrogens (primary N) is 1. The zero-order valence-electron chi connectivity index (χ0n) is 13.4. The fourth-order valence-corrected chi connectivity index (χ4v) is 3.82. The van der Waals surface area contributed by atoms with Gasteiger partial charge in [0.05, 0.1) is 16.8 Å². The number of hydrogen-bond donors (Lipinski definition) is 1. The summed E-state index contributed by atoms with van der Waals surface area (Å²) in [5, 5.41) is 0.972. The summed E-state index contributed by atoms with van der Waals surface area (Å²) in [6, 6.07) is 18.4. The van der Waals surface area contributed by atoms with E-state index in [0.29, 0.717) is 35.1 Å². The summed E-state index contributed by atoms with van der Waals surface area (Å²) in [7, 11) is 0. The zero-order chi connectivity index (χ0) is 17.8. The predicted molar refractivity (Wildman–Crippen MR) is 102 cm³/mol. The largest absolute Gasteiger partial charge is 0.772 e. The minimum atomic E-state index is -2.40. The van der Waals surface area contributed by atoms with Crippen LogP contribution in [0.5, 0.6) is 5.75 Å². The van der Waals surface area contributed by atoms with Gasteiger partial charge in [0.1, 0.15) is 12.4 Å². The fraction of sp³-hybridized carbons (Fsp3) is 0.158. The molecule has 2 unspecified atom stereocenters. The normalized spacial score (nSPS) is 13.5. The van der Waals surface area contributed by atoms with Gasteiger partial charge in [0.2, 0.25) is 0 Å². The minimum absolute atomic E-state index is 0.300. The van der Waals surface area contributed by atoms with Crippen molar-refractivity contribution in [3.05, 3.63) is 71.8 Å². The van der Waals surface area contributed by atoms with Crippen LogP contribution in [-0.2, 0) is 11.1 Å². The Morgan fingerprint density at radius 1 is 1.04 bits per heavy atom. The zero-order valence-corrected chi connectivity index (χ0v) is 14.9. The number of para-hydroxylation sites is 1. The highest BCUT2D eigenvalue weighted by Crippen LogP contribution is 2.38. The molecule has 0 heterocycles. The van der Waals surface area contributed by atoms with E-state index in [9.17, 15) is 8.76 Å². The summed E-state index contributed by atoms with van der Waals surface area (Å²) in [5.74, 6) is 0.762. The maximum Gasteiger partial charge on any atom is 0.142 e. The van der Waals surface area contributed by atoms with E-state index in [1.54, 1.807) is 18.2 Å². The second-order valence-corrected chi connectivity index (χ2v) is 6.88. The Labute approximate surface area is 153 Å². The van der Waals surface area contributed by atoms with Crippen molar-refractivity contribution in [2.24, 2.45) is 0 Å². The molecule has 0 spiro atoms. The van der Waals surface area contributed by atoms with Crippen LogP contribution < -0.4 is 10.5 Å². The van der Waals surface area contributed by atoms with Gasteiger partial charge >= 0.3 is 0 Å². The Balaban J connectivity index is 2.16. The molecule has 0 saturated heterocycles. The monoisotopic (exact) mass is 374 g/mol. The number of ether oxygens (including phenoxy) is 1. The molecule has 0 saturated carbocycles. The summed E-state index contributed by atoms with van der Waals surface area (Å²) in [6.07, 6.45) is 0. The van der Waals surface area contributed by atoms with E-state index in [1.165, 1.54) is 0 Å². The maximum absolute atomic E-state index is 12.1. The van der Waals surface area contributed by atoms with Crippen LogP contribution in [0.3, 0.4) is 0 Å². The average molecular weight is 375 g/mol. The molecule has 0 bridgehead atoms. The molecule has 2 atom stereocenters. The molecule has 2 N–H and O–H groups in total. The standard InChI is InChI=1S/C19H18ClNO3S/c20-11-12-24-17-10-4-9-16(18(17)21)19(25(22)23)15-8-3-6-13-5-1-2-7-14(13)15/h1-10,19H,11-12,21H2,(H,22,23)/p-1. The second kappa shape index (κ2) is 7.87. The molecule has 0 fully saturated rings. The first-order valence-corrected chi connectivity index (χ1v) is 9.43. The number of fused-ring (bicyclic) bond motifs is 1. The highest BCUT2D eigenvalue weighted by atomic mass is 35.5. The van der Waals surface area contributed by atoms with E-state index < -0.39 is 16.3 Å². The first-order chi connectivity index (χ1) is 12.1. The van der Waals surface area contributed by atoms with Crippen LogP contribution in [-0.4, -0.2) is 21.2 Å². The van der Waals surface area contributed by atoms with Crippen LogP contribution in [0.2, 0.25) is 0 Å². The lowest BCUT2D eigenvalue weighted by Crippen LogP contribution is -2.12. The topological polar surface area (TPSA) is 75.4 Å². The molecule has 3 rings (SSSR count). The second-order valence-electron chi connectivity index (χ2n) is 5.51. The third-order valence-corrected chi connectivity index (χ3v) is 5.06. The van der Waals surface area contributed by atoms with Crippen LogP contribution in [0.15, 0.2) is 60.7 Å². The summed E-state index contributed by atoms with van der Waals surface area (Å²) in [4.78, 5) is 0. The van der Waals surface area contributed by atoms with E-state index in [-0.39, 0.29) is 0 Å². The van der Waals surface area contributed by atoms with Gasteiger partial charge in [-0.1, -0.05) is 54.6 Å². The number of alkyl halides is 1. The number of rotatable bonds is 6. The van der Waals surface area contributed by atoms with Crippen LogP contribution in [0.25, 0.3) is 10.8 Å². The van der Waals surface area contributed by atoms with E-state index in [4.69, 9.17) is 22.1 Å². The van der Waals surface area contributed by atoms with E-state index in [2.05, 4.69) is 0 Å². The first kappa shape index (κ1) is 17.7. The van der Waals surface area contributed by atoms with Gasteiger partial charge in [-0.25, -0.2) is 0 Å². The summed E-state index contributed by atoms with van der Waals surface area (Å²) < 4.78 is 29.7. The summed E-state index contributed by atoms with van der Waals surface area (Å²) in [6.45, 7) is 0.300. The molecule has 3 aromatic carbocycles. The van der Waals surface area contributed by atoms with E-state index in [1.807, 2.05) is 42.5 Å². The van der Waals surface area contributed by atoms with Crippen LogP contribution in [0.4, 0.5) is 5.69 Å². The van der Waals surface area contributed by atoms with Crippen LogP contribution in [0, 0.1) is 0 Å². The molecule has 0 aromatic heterocycles. The van der Waals surface area contributed by atoms with Gasteiger partial charge in [-0.3, -0.25) is 4.21 Å². The molecular weight excluding hydrogens is 358 g/mol. The molecule has 6 heteroatoms. The summed E-state index contributed by atoms with van der Waals surface area (Å²) >= 11 is 3.26. The number of nitrogen functional groups attached to an aromatic ring is 1. The van der Waals surface area contributed by atoms with Crippen molar-refractivity contribution in [1.29, 1.82) is 0 Å². The van der Waals surface area contributed by atoms with Crippen molar-refractivity contribution in [3.8, 4) is 5.75 Å². The van der Waals surface area contributed by atoms with Crippen LogP contribution in [0.1, 0.15) is 16.4 Å². The van der Waals surface area contributed by atoms with Crippen molar-refractivity contribution in [2.75, 3.05) is 18.2 Å². The molecular formula is C19H17ClNO3S-. The van der Waals surface area contributed by atoms with Gasteiger partial charge < -0.3 is 15.0 Å². The lowest BCUT2D eigenvalue weighted by molar-refractivity contribution is 0.344. The van der Waals surface area contributed by atoms with Gasteiger partial charge in [0.15, 0.2) is 0 Å². The van der Waals surface area contributed by atoms with Gasteiger partial charge in [-0.2, -0.15) is 0 Å². The van der Waals surface area contributed by atoms with Crippen molar-refractivity contribution >= 4 is 39.1 Å².